The molecule has 0 aliphatic carbocycles. The van der Waals surface area contributed by atoms with E-state index in [2.05, 4.69) is 51.8 Å². The number of nitrogens with zero attached hydrogens (tertiary/aromatic N) is 2. The summed E-state index contributed by atoms with van der Waals surface area (Å²) in [6.07, 6.45) is 2.71. The predicted molar refractivity (Wildman–Crippen MR) is 88.9 cm³/mol. The molecule has 0 saturated carbocycles. The highest BCUT2D eigenvalue weighted by atomic mass is 32.1. The van der Waals surface area contributed by atoms with E-state index in [4.69, 9.17) is 0 Å². The van der Waals surface area contributed by atoms with Crippen molar-refractivity contribution < 1.29 is 0 Å². The molecule has 0 unspecified atom stereocenters. The Morgan fingerprint density at radius 2 is 1.95 bits per heavy atom. The fourth-order valence-electron chi connectivity index (χ4n) is 3.58. The summed E-state index contributed by atoms with van der Waals surface area (Å²) in [6.45, 7) is 5.85. The molecule has 4 heterocycles. The van der Waals surface area contributed by atoms with E-state index >= 15 is 0 Å². The van der Waals surface area contributed by atoms with E-state index in [0.717, 1.165) is 16.6 Å². The third kappa shape index (κ3) is 2.70. The maximum Gasteiger partial charge on any atom is 0.0901 e. The van der Waals surface area contributed by atoms with Crippen molar-refractivity contribution in [1.82, 2.24) is 9.88 Å². The third-order valence-electron chi connectivity index (χ3n) is 4.81. The number of piperidine rings is 3. The number of aromatic nitrogens is 1. The summed E-state index contributed by atoms with van der Waals surface area (Å²) in [5, 5.41) is 6.99. The fourth-order valence-corrected chi connectivity index (χ4v) is 4.20. The molecule has 0 spiro atoms. The number of thiazole rings is 1. The van der Waals surface area contributed by atoms with Gasteiger partial charge in [-0.1, -0.05) is 12.1 Å². The zero-order chi connectivity index (χ0) is 14.2. The molecule has 3 aliphatic rings. The maximum absolute atomic E-state index is 4.55. The molecule has 3 aliphatic heterocycles. The average molecular weight is 299 g/mol. The Labute approximate surface area is 130 Å². The van der Waals surface area contributed by atoms with Gasteiger partial charge >= 0.3 is 0 Å². The topological polar surface area (TPSA) is 28.2 Å². The molecular weight excluding hydrogens is 278 g/mol. The van der Waals surface area contributed by atoms with Crippen molar-refractivity contribution in [3.05, 3.63) is 34.7 Å². The van der Waals surface area contributed by atoms with Crippen LogP contribution in [0.1, 0.15) is 17.8 Å². The van der Waals surface area contributed by atoms with E-state index in [9.17, 15) is 0 Å². The van der Waals surface area contributed by atoms with Crippen LogP contribution in [0.3, 0.4) is 0 Å². The monoisotopic (exact) mass is 299 g/mol. The first-order chi connectivity index (χ1) is 10.3. The van der Waals surface area contributed by atoms with Crippen LogP contribution in [-0.4, -0.2) is 35.6 Å². The van der Waals surface area contributed by atoms with Crippen LogP contribution in [0.4, 0.5) is 5.69 Å². The van der Waals surface area contributed by atoms with Crippen molar-refractivity contribution in [2.45, 2.75) is 25.8 Å². The van der Waals surface area contributed by atoms with Crippen molar-refractivity contribution in [3.8, 4) is 11.3 Å². The van der Waals surface area contributed by atoms with Gasteiger partial charge in [-0.15, -0.1) is 11.3 Å². The average Bonchev–Trinajstić information content (AvgIpc) is 2.96. The maximum atomic E-state index is 4.55. The van der Waals surface area contributed by atoms with Gasteiger partial charge in [-0.25, -0.2) is 4.98 Å². The molecule has 1 atom stereocenters. The second-order valence-corrected chi connectivity index (χ2v) is 7.28. The van der Waals surface area contributed by atoms with Crippen molar-refractivity contribution >= 4 is 17.0 Å². The molecule has 2 aromatic rings. The van der Waals surface area contributed by atoms with Gasteiger partial charge in [-0.3, -0.25) is 0 Å². The SMILES string of the molecule is Cc1nc(-c2ccc(N[C@H]3CN4CCC3CC4)cc2)cs1. The molecule has 2 bridgehead atoms. The fraction of sp³-hybridized carbons (Fsp3) is 0.471. The lowest BCUT2D eigenvalue weighted by atomic mass is 9.84. The van der Waals surface area contributed by atoms with Gasteiger partial charge < -0.3 is 10.2 Å². The van der Waals surface area contributed by atoms with Gasteiger partial charge in [0, 0.05) is 29.2 Å². The molecule has 1 aromatic heterocycles. The van der Waals surface area contributed by atoms with Gasteiger partial charge in [-0.05, 0) is 50.9 Å². The molecule has 3 saturated heterocycles. The Balaban J connectivity index is 1.47. The quantitative estimate of drug-likeness (QED) is 0.938. The Morgan fingerprint density at radius 1 is 1.19 bits per heavy atom. The highest BCUT2D eigenvalue weighted by molar-refractivity contribution is 7.09. The molecule has 4 heteroatoms. The smallest absolute Gasteiger partial charge is 0.0901 e. The normalized spacial score (nSPS) is 27.8. The van der Waals surface area contributed by atoms with Crippen molar-refractivity contribution in [3.63, 3.8) is 0 Å². The van der Waals surface area contributed by atoms with Gasteiger partial charge in [-0.2, -0.15) is 0 Å². The van der Waals surface area contributed by atoms with Gasteiger partial charge in [0.25, 0.3) is 0 Å². The summed E-state index contributed by atoms with van der Waals surface area (Å²) < 4.78 is 0. The molecule has 0 amide bonds. The van der Waals surface area contributed by atoms with Crippen molar-refractivity contribution in [2.75, 3.05) is 25.0 Å². The molecule has 1 aromatic carbocycles. The van der Waals surface area contributed by atoms with E-state index in [0.29, 0.717) is 6.04 Å². The van der Waals surface area contributed by atoms with Crippen molar-refractivity contribution in [1.29, 1.82) is 0 Å². The Hall–Kier alpha value is -1.39. The highest BCUT2D eigenvalue weighted by Gasteiger charge is 2.33. The zero-order valence-electron chi connectivity index (χ0n) is 12.4. The van der Waals surface area contributed by atoms with Crippen LogP contribution in [0.25, 0.3) is 11.3 Å². The Morgan fingerprint density at radius 3 is 2.52 bits per heavy atom. The first-order valence-electron chi connectivity index (χ1n) is 7.79. The van der Waals surface area contributed by atoms with Gasteiger partial charge in [0.1, 0.15) is 0 Å². The van der Waals surface area contributed by atoms with Crippen LogP contribution < -0.4 is 5.32 Å². The second-order valence-electron chi connectivity index (χ2n) is 6.22. The van der Waals surface area contributed by atoms with E-state index in [1.165, 1.54) is 43.7 Å². The number of benzene rings is 1. The van der Waals surface area contributed by atoms with Crippen LogP contribution in [0.15, 0.2) is 29.6 Å². The predicted octanol–water partition coefficient (Wildman–Crippen LogP) is 3.62. The Bertz CT molecular complexity index is 611. The lowest BCUT2D eigenvalue weighted by molar-refractivity contribution is 0.0975. The van der Waals surface area contributed by atoms with E-state index in [1.54, 1.807) is 11.3 Å². The largest absolute Gasteiger partial charge is 0.381 e. The summed E-state index contributed by atoms with van der Waals surface area (Å²) in [7, 11) is 0. The number of hydrogen-bond acceptors (Lipinski definition) is 4. The molecule has 1 N–H and O–H groups in total. The van der Waals surface area contributed by atoms with Crippen LogP contribution in [-0.2, 0) is 0 Å². The lowest BCUT2D eigenvalue weighted by Gasteiger charge is -2.45. The van der Waals surface area contributed by atoms with Gasteiger partial charge in [0.05, 0.1) is 10.7 Å². The number of anilines is 1. The molecule has 5 rings (SSSR count). The summed E-state index contributed by atoms with van der Waals surface area (Å²) in [5.74, 6) is 0.857. The molecule has 0 radical (unpaired) electrons. The van der Waals surface area contributed by atoms with E-state index in [1.807, 2.05) is 0 Å². The minimum atomic E-state index is 0.625. The van der Waals surface area contributed by atoms with E-state index in [-0.39, 0.29) is 0 Å². The minimum Gasteiger partial charge on any atom is -0.381 e. The number of aryl methyl sites for hydroxylation is 1. The molecular formula is C17H21N3S. The zero-order valence-corrected chi connectivity index (χ0v) is 13.2. The highest BCUT2D eigenvalue weighted by Crippen LogP contribution is 2.30. The van der Waals surface area contributed by atoms with Crippen LogP contribution in [0.2, 0.25) is 0 Å². The molecule has 3 fully saturated rings. The summed E-state index contributed by atoms with van der Waals surface area (Å²) in [4.78, 5) is 7.14. The third-order valence-corrected chi connectivity index (χ3v) is 5.58. The van der Waals surface area contributed by atoms with Gasteiger partial charge in [0.2, 0.25) is 0 Å². The van der Waals surface area contributed by atoms with Crippen LogP contribution in [0, 0.1) is 12.8 Å². The minimum absolute atomic E-state index is 0.625. The number of rotatable bonds is 3. The van der Waals surface area contributed by atoms with Gasteiger partial charge in [0.15, 0.2) is 0 Å². The van der Waals surface area contributed by atoms with Crippen LogP contribution >= 0.6 is 11.3 Å². The standard InChI is InChI=1S/C17H21N3S/c1-12-18-17(11-21-12)13-2-4-15(5-3-13)19-16-10-20-8-6-14(16)7-9-20/h2-5,11,14,16,19H,6-10H2,1H3/t16-/m0/s1. The Kier molecular flexibility index (Phi) is 3.43. The number of hydrogen-bond donors (Lipinski definition) is 1. The van der Waals surface area contributed by atoms with E-state index < -0.39 is 0 Å². The van der Waals surface area contributed by atoms with Crippen molar-refractivity contribution in [2.24, 2.45) is 5.92 Å². The number of nitrogens with one attached hydrogen (secondary N) is 1. The lowest BCUT2D eigenvalue weighted by Crippen LogP contribution is -2.53. The number of fused-ring (bicyclic) bond motifs is 3. The molecule has 21 heavy (non-hydrogen) atoms. The first kappa shape index (κ1) is 13.3. The first-order valence-corrected chi connectivity index (χ1v) is 8.67. The molecule has 110 valence electrons. The summed E-state index contributed by atoms with van der Waals surface area (Å²) in [6, 6.07) is 9.37. The molecule has 3 nitrogen and oxygen atoms in total. The summed E-state index contributed by atoms with van der Waals surface area (Å²) in [5.41, 5.74) is 3.54. The summed E-state index contributed by atoms with van der Waals surface area (Å²) >= 11 is 1.71. The van der Waals surface area contributed by atoms with Crippen LogP contribution in [0.5, 0.6) is 0 Å². The second kappa shape index (κ2) is 5.43.